The van der Waals surface area contributed by atoms with Crippen molar-refractivity contribution in [3.8, 4) is 0 Å². The van der Waals surface area contributed by atoms with Gasteiger partial charge in [0.1, 0.15) is 11.9 Å². The fourth-order valence-electron chi connectivity index (χ4n) is 3.01. The van der Waals surface area contributed by atoms with Crippen molar-refractivity contribution in [1.29, 1.82) is 0 Å². The summed E-state index contributed by atoms with van der Waals surface area (Å²) in [6, 6.07) is 0. The Morgan fingerprint density at radius 1 is 1.43 bits per heavy atom. The number of aryl methyl sites for hydroxylation is 2. The lowest BCUT2D eigenvalue weighted by Crippen LogP contribution is -2.34. The van der Waals surface area contributed by atoms with Crippen LogP contribution in [-0.4, -0.2) is 27.9 Å². The highest BCUT2D eigenvalue weighted by molar-refractivity contribution is 5.93. The van der Waals surface area contributed by atoms with Gasteiger partial charge in [-0.3, -0.25) is 9.48 Å². The zero-order valence-electron chi connectivity index (χ0n) is 13.8. The van der Waals surface area contributed by atoms with Crippen LogP contribution in [-0.2, 0) is 16.6 Å². The molecule has 5 heteroatoms. The van der Waals surface area contributed by atoms with Crippen LogP contribution in [0.2, 0.25) is 0 Å². The third kappa shape index (κ3) is 3.84. The molecule has 2 rings (SSSR count). The summed E-state index contributed by atoms with van der Waals surface area (Å²) >= 11 is 0. The smallest absolute Gasteiger partial charge is 0.254 e. The van der Waals surface area contributed by atoms with Crippen molar-refractivity contribution in [2.24, 2.45) is 13.0 Å². The number of hydrogen-bond donors (Lipinski definition) is 1. The van der Waals surface area contributed by atoms with Gasteiger partial charge in [-0.15, -0.1) is 0 Å². The highest BCUT2D eigenvalue weighted by atomic mass is 16.5. The first-order valence-electron chi connectivity index (χ1n) is 7.85. The first-order chi connectivity index (χ1) is 9.88. The van der Waals surface area contributed by atoms with Gasteiger partial charge in [-0.25, -0.2) is 0 Å². The molecule has 1 fully saturated rings. The summed E-state index contributed by atoms with van der Waals surface area (Å²) in [5.41, 5.74) is 1.94. The van der Waals surface area contributed by atoms with Crippen LogP contribution in [0.4, 0.5) is 5.82 Å². The lowest BCUT2D eigenvalue weighted by molar-refractivity contribution is -0.131. The van der Waals surface area contributed by atoms with E-state index in [1.54, 1.807) is 4.68 Å². The largest absolute Gasteiger partial charge is 0.365 e. The number of anilines is 1. The van der Waals surface area contributed by atoms with Crippen LogP contribution < -0.4 is 5.32 Å². The van der Waals surface area contributed by atoms with Crippen LogP contribution >= 0.6 is 0 Å². The van der Waals surface area contributed by atoms with Crippen LogP contribution in [0.25, 0.3) is 0 Å². The molecular weight excluding hydrogens is 266 g/mol. The van der Waals surface area contributed by atoms with Crippen LogP contribution in [0.15, 0.2) is 0 Å². The monoisotopic (exact) mass is 293 g/mol. The van der Waals surface area contributed by atoms with Gasteiger partial charge in [0.15, 0.2) is 0 Å². The number of hydrogen-bond acceptors (Lipinski definition) is 3. The molecule has 0 unspecified atom stereocenters. The Kier molecular flexibility index (Phi) is 5.04. The molecule has 1 aliphatic rings. The minimum absolute atomic E-state index is 0.0978. The van der Waals surface area contributed by atoms with Crippen LogP contribution in [0, 0.1) is 19.8 Å². The molecule has 0 saturated heterocycles. The zero-order valence-corrected chi connectivity index (χ0v) is 13.8. The average molecular weight is 293 g/mol. The molecule has 1 saturated carbocycles. The summed E-state index contributed by atoms with van der Waals surface area (Å²) in [5.74, 6) is 1.35. The highest BCUT2D eigenvalue weighted by Crippen LogP contribution is 2.26. The number of aromatic nitrogens is 2. The summed E-state index contributed by atoms with van der Waals surface area (Å²) in [6.45, 7) is 7.98. The molecule has 21 heavy (non-hydrogen) atoms. The number of ether oxygens (including phenoxy) is 1. The van der Waals surface area contributed by atoms with Crippen molar-refractivity contribution in [2.75, 3.05) is 5.32 Å². The summed E-state index contributed by atoms with van der Waals surface area (Å²) in [6.07, 6.45) is 4.36. The van der Waals surface area contributed by atoms with Gasteiger partial charge in [0, 0.05) is 12.6 Å². The predicted octanol–water partition coefficient (Wildman–Crippen LogP) is 2.96. The zero-order chi connectivity index (χ0) is 15.6. The summed E-state index contributed by atoms with van der Waals surface area (Å²) < 4.78 is 7.65. The molecule has 1 aromatic heterocycles. The number of nitrogens with zero attached hydrogens (tertiary/aromatic N) is 2. The van der Waals surface area contributed by atoms with E-state index in [0.717, 1.165) is 29.9 Å². The minimum atomic E-state index is -0.435. The number of carbonyl (C=O) groups excluding carboxylic acids is 1. The second-order valence-electron chi connectivity index (χ2n) is 6.34. The van der Waals surface area contributed by atoms with Crippen molar-refractivity contribution < 1.29 is 9.53 Å². The van der Waals surface area contributed by atoms with E-state index in [0.29, 0.717) is 5.92 Å². The Hall–Kier alpha value is -1.36. The van der Waals surface area contributed by atoms with E-state index >= 15 is 0 Å². The topological polar surface area (TPSA) is 56.2 Å². The van der Waals surface area contributed by atoms with Gasteiger partial charge in [-0.1, -0.05) is 19.8 Å². The van der Waals surface area contributed by atoms with E-state index in [-0.39, 0.29) is 12.0 Å². The van der Waals surface area contributed by atoms with Gasteiger partial charge in [-0.2, -0.15) is 5.10 Å². The van der Waals surface area contributed by atoms with Crippen molar-refractivity contribution >= 4 is 11.7 Å². The highest BCUT2D eigenvalue weighted by Gasteiger charge is 2.25. The Balaban J connectivity index is 1.93. The third-order valence-electron chi connectivity index (χ3n) is 4.42. The molecule has 0 radical (unpaired) electrons. The normalized spacial score (nSPS) is 23.9. The van der Waals surface area contributed by atoms with Crippen LogP contribution in [0.1, 0.15) is 50.8 Å². The molecule has 0 aliphatic heterocycles. The number of carbonyl (C=O) groups is 1. The number of rotatable bonds is 4. The van der Waals surface area contributed by atoms with Crippen molar-refractivity contribution in [1.82, 2.24) is 9.78 Å². The van der Waals surface area contributed by atoms with Crippen molar-refractivity contribution in [3.05, 3.63) is 11.3 Å². The molecular formula is C16H27N3O2. The predicted molar refractivity (Wildman–Crippen MR) is 83.3 cm³/mol. The van der Waals surface area contributed by atoms with E-state index in [1.807, 2.05) is 27.8 Å². The molecule has 118 valence electrons. The molecule has 3 atom stereocenters. The van der Waals surface area contributed by atoms with E-state index in [2.05, 4.69) is 17.3 Å². The number of amides is 1. The van der Waals surface area contributed by atoms with Gasteiger partial charge in [0.05, 0.1) is 11.8 Å². The fraction of sp³-hybridized carbons (Fsp3) is 0.750. The lowest BCUT2D eigenvalue weighted by Gasteiger charge is -2.29. The van der Waals surface area contributed by atoms with Gasteiger partial charge < -0.3 is 10.1 Å². The fourth-order valence-corrected chi connectivity index (χ4v) is 3.01. The molecule has 1 amide bonds. The molecule has 0 spiro atoms. The Labute approximate surface area is 127 Å². The Bertz CT molecular complexity index is 510. The molecule has 1 aliphatic carbocycles. The maximum Gasteiger partial charge on any atom is 0.254 e. The third-order valence-corrected chi connectivity index (χ3v) is 4.42. The summed E-state index contributed by atoms with van der Waals surface area (Å²) in [7, 11) is 1.84. The van der Waals surface area contributed by atoms with Gasteiger partial charge >= 0.3 is 0 Å². The van der Waals surface area contributed by atoms with E-state index in [4.69, 9.17) is 4.74 Å². The first kappa shape index (κ1) is 16.0. The molecule has 5 nitrogen and oxygen atoms in total. The van der Waals surface area contributed by atoms with E-state index in [1.165, 1.54) is 12.8 Å². The van der Waals surface area contributed by atoms with Gasteiger partial charge in [-0.05, 0) is 39.5 Å². The molecule has 1 heterocycles. The Morgan fingerprint density at radius 2 is 2.14 bits per heavy atom. The quantitative estimate of drug-likeness (QED) is 0.928. The van der Waals surface area contributed by atoms with Crippen LogP contribution in [0.5, 0.6) is 0 Å². The van der Waals surface area contributed by atoms with E-state index in [9.17, 15) is 4.79 Å². The SMILES string of the molecule is Cc1nn(C)c(NC(=O)[C@@H](C)O[C@@H]2CCC[C@H](C)C2)c1C. The van der Waals surface area contributed by atoms with E-state index < -0.39 is 6.10 Å². The molecule has 1 N–H and O–H groups in total. The van der Waals surface area contributed by atoms with Gasteiger partial charge in [0.2, 0.25) is 0 Å². The maximum absolute atomic E-state index is 12.3. The number of nitrogens with one attached hydrogen (secondary N) is 1. The average Bonchev–Trinajstić information content (AvgIpc) is 2.65. The standard InChI is InChI=1S/C16H27N3O2/c1-10-7-6-8-14(9-10)21-13(4)16(20)17-15-11(2)12(3)18-19(15)5/h10,13-14H,6-9H2,1-5H3,(H,17,20)/t10-,13+,14+/m0/s1. The minimum Gasteiger partial charge on any atom is -0.365 e. The lowest BCUT2D eigenvalue weighted by atomic mass is 9.88. The van der Waals surface area contributed by atoms with Gasteiger partial charge in [0.25, 0.3) is 5.91 Å². The van der Waals surface area contributed by atoms with Crippen LogP contribution in [0.3, 0.4) is 0 Å². The second kappa shape index (κ2) is 6.60. The molecule has 0 bridgehead atoms. The summed E-state index contributed by atoms with van der Waals surface area (Å²) in [4.78, 5) is 12.3. The van der Waals surface area contributed by atoms with Crippen molar-refractivity contribution in [2.45, 2.75) is 65.6 Å². The molecule has 0 aromatic carbocycles. The maximum atomic E-state index is 12.3. The molecule has 1 aromatic rings. The first-order valence-corrected chi connectivity index (χ1v) is 7.85. The Morgan fingerprint density at radius 3 is 2.71 bits per heavy atom. The van der Waals surface area contributed by atoms with Crippen molar-refractivity contribution in [3.63, 3.8) is 0 Å². The summed E-state index contributed by atoms with van der Waals surface area (Å²) in [5, 5.41) is 7.25. The second-order valence-corrected chi connectivity index (χ2v) is 6.34.